The zero-order valence-corrected chi connectivity index (χ0v) is 10.1. The third-order valence-electron chi connectivity index (χ3n) is 3.11. The average Bonchev–Trinajstić information content (AvgIpc) is 2.37. The number of carbonyl (C=O) groups is 1. The number of fused-ring (bicyclic) bond motifs is 1. The molecule has 1 aliphatic rings. The molecule has 90 valence electrons. The van der Waals surface area contributed by atoms with Gasteiger partial charge in [0.15, 0.2) is 5.78 Å². The Morgan fingerprint density at radius 2 is 2.17 bits per heavy atom. The second kappa shape index (κ2) is 4.26. The summed E-state index contributed by atoms with van der Waals surface area (Å²) in [4.78, 5) is 16.0. The van der Waals surface area contributed by atoms with Gasteiger partial charge in [0.05, 0.1) is 18.2 Å². The van der Waals surface area contributed by atoms with E-state index in [1.165, 1.54) is 12.3 Å². The number of para-hydroxylation sites is 1. The van der Waals surface area contributed by atoms with Crippen LogP contribution in [0.3, 0.4) is 0 Å². The Morgan fingerprint density at radius 1 is 1.33 bits per heavy atom. The van der Waals surface area contributed by atoms with Gasteiger partial charge in [0.25, 0.3) is 0 Å². The van der Waals surface area contributed by atoms with Crippen molar-refractivity contribution in [3.63, 3.8) is 0 Å². The van der Waals surface area contributed by atoms with Gasteiger partial charge in [0, 0.05) is 22.7 Å². The lowest BCUT2D eigenvalue weighted by Crippen LogP contribution is -2.12. The van der Waals surface area contributed by atoms with Crippen LogP contribution in [0.1, 0.15) is 23.8 Å². The number of rotatable bonds is 1. The molecule has 0 aliphatic carbocycles. The molecule has 2 heterocycles. The number of hydrogen-bond donors (Lipinski definition) is 0. The molecular weight excluding hydrogens is 226 g/mol. The molecule has 2 aromatic rings. The fourth-order valence-corrected chi connectivity index (χ4v) is 2.30. The molecule has 0 spiro atoms. The first-order chi connectivity index (χ1) is 8.74. The first-order valence-corrected chi connectivity index (χ1v) is 5.95. The highest BCUT2D eigenvalue weighted by atomic mass is 16.5. The Bertz CT molecular complexity index is 646. The lowest BCUT2D eigenvalue weighted by Gasteiger charge is -2.20. The van der Waals surface area contributed by atoms with E-state index in [2.05, 4.69) is 4.98 Å². The summed E-state index contributed by atoms with van der Waals surface area (Å²) in [5.74, 6) is 0.102. The van der Waals surface area contributed by atoms with Crippen molar-refractivity contribution in [3.05, 3.63) is 53.9 Å². The minimum atomic E-state index is -0.200. The number of hydrogen-bond acceptors (Lipinski definition) is 3. The van der Waals surface area contributed by atoms with Crippen molar-refractivity contribution in [3.8, 4) is 0 Å². The van der Waals surface area contributed by atoms with Crippen LogP contribution in [0.2, 0.25) is 0 Å². The molecule has 0 N–H and O–H groups in total. The Balaban J connectivity index is 2.16. The maximum atomic E-state index is 11.5. The van der Waals surface area contributed by atoms with Crippen molar-refractivity contribution < 1.29 is 9.53 Å². The number of carbonyl (C=O) groups excluding carboxylic acids is 1. The molecule has 0 radical (unpaired) electrons. The highest BCUT2D eigenvalue weighted by Gasteiger charge is 2.21. The number of aromatic nitrogens is 1. The normalized spacial score (nSPS) is 18.9. The van der Waals surface area contributed by atoms with Crippen molar-refractivity contribution in [2.75, 3.05) is 0 Å². The summed E-state index contributed by atoms with van der Waals surface area (Å²) in [6.07, 6.45) is 3.16. The smallest absolute Gasteiger partial charge is 0.162 e. The molecule has 0 bridgehead atoms. The molecule has 1 unspecified atom stereocenters. The maximum Gasteiger partial charge on any atom is 0.162 e. The van der Waals surface area contributed by atoms with E-state index in [0.29, 0.717) is 6.42 Å². The van der Waals surface area contributed by atoms with Gasteiger partial charge in [-0.05, 0) is 19.1 Å². The summed E-state index contributed by atoms with van der Waals surface area (Å²) >= 11 is 0. The van der Waals surface area contributed by atoms with Crippen LogP contribution in [-0.4, -0.2) is 10.8 Å². The highest BCUT2D eigenvalue weighted by molar-refractivity contribution is 5.91. The zero-order chi connectivity index (χ0) is 12.5. The SMILES string of the molecule is Cc1cc(C2CC(=O)C=CO2)c2ccccc2n1. The van der Waals surface area contributed by atoms with Gasteiger partial charge in [0.2, 0.25) is 0 Å². The molecule has 3 nitrogen and oxygen atoms in total. The third-order valence-corrected chi connectivity index (χ3v) is 3.11. The van der Waals surface area contributed by atoms with E-state index in [4.69, 9.17) is 4.74 Å². The van der Waals surface area contributed by atoms with Gasteiger partial charge in [-0.1, -0.05) is 18.2 Å². The number of benzene rings is 1. The van der Waals surface area contributed by atoms with E-state index in [-0.39, 0.29) is 11.9 Å². The molecular formula is C15H13NO2. The fourth-order valence-electron chi connectivity index (χ4n) is 2.30. The van der Waals surface area contributed by atoms with Crippen LogP contribution in [0.15, 0.2) is 42.7 Å². The number of pyridine rings is 1. The number of aryl methyl sites for hydroxylation is 1. The van der Waals surface area contributed by atoms with E-state index in [1.54, 1.807) is 0 Å². The van der Waals surface area contributed by atoms with E-state index < -0.39 is 0 Å². The van der Waals surface area contributed by atoms with Gasteiger partial charge in [-0.2, -0.15) is 0 Å². The molecule has 0 amide bonds. The first-order valence-electron chi connectivity index (χ1n) is 5.95. The predicted octanol–water partition coefficient (Wildman–Crippen LogP) is 3.09. The van der Waals surface area contributed by atoms with E-state index in [0.717, 1.165) is 22.2 Å². The van der Waals surface area contributed by atoms with Crippen LogP contribution >= 0.6 is 0 Å². The Hall–Kier alpha value is -2.16. The van der Waals surface area contributed by atoms with Crippen LogP contribution in [0, 0.1) is 6.92 Å². The van der Waals surface area contributed by atoms with Gasteiger partial charge in [-0.25, -0.2) is 0 Å². The van der Waals surface area contributed by atoms with Crippen molar-refractivity contribution in [1.82, 2.24) is 4.98 Å². The van der Waals surface area contributed by atoms with Gasteiger partial charge >= 0.3 is 0 Å². The predicted molar refractivity (Wildman–Crippen MR) is 69.1 cm³/mol. The summed E-state index contributed by atoms with van der Waals surface area (Å²) in [6, 6.07) is 9.93. The van der Waals surface area contributed by atoms with E-state index in [1.807, 2.05) is 37.3 Å². The second-order valence-corrected chi connectivity index (χ2v) is 4.47. The second-order valence-electron chi connectivity index (χ2n) is 4.47. The van der Waals surface area contributed by atoms with Crippen molar-refractivity contribution in [1.29, 1.82) is 0 Å². The number of nitrogens with zero attached hydrogens (tertiary/aromatic N) is 1. The molecule has 3 rings (SSSR count). The third kappa shape index (κ3) is 1.88. The Morgan fingerprint density at radius 3 is 3.00 bits per heavy atom. The molecule has 1 atom stereocenters. The zero-order valence-electron chi connectivity index (χ0n) is 10.1. The lowest BCUT2D eigenvalue weighted by molar-refractivity contribution is -0.118. The van der Waals surface area contributed by atoms with Crippen molar-refractivity contribution >= 4 is 16.7 Å². The first kappa shape index (κ1) is 11.0. The minimum absolute atomic E-state index is 0.102. The summed E-state index contributed by atoms with van der Waals surface area (Å²) in [7, 11) is 0. The van der Waals surface area contributed by atoms with Crippen LogP contribution in [0.5, 0.6) is 0 Å². The van der Waals surface area contributed by atoms with Gasteiger partial charge in [-0.3, -0.25) is 9.78 Å². The summed E-state index contributed by atoms with van der Waals surface area (Å²) in [6.45, 7) is 1.95. The van der Waals surface area contributed by atoms with Crippen LogP contribution in [-0.2, 0) is 9.53 Å². The number of ketones is 1. The quantitative estimate of drug-likeness (QED) is 0.767. The average molecular weight is 239 g/mol. The molecule has 0 saturated carbocycles. The molecule has 1 aromatic carbocycles. The van der Waals surface area contributed by atoms with Crippen LogP contribution in [0.25, 0.3) is 10.9 Å². The molecule has 3 heteroatoms. The molecule has 0 saturated heterocycles. The van der Waals surface area contributed by atoms with E-state index in [9.17, 15) is 4.79 Å². The standard InChI is InChI=1S/C15H13NO2/c1-10-8-13(15-9-11(17)6-7-18-15)12-4-2-3-5-14(12)16-10/h2-8,15H,9H2,1H3. The Kier molecular flexibility index (Phi) is 2.59. The van der Waals surface area contributed by atoms with Crippen LogP contribution in [0.4, 0.5) is 0 Å². The topological polar surface area (TPSA) is 39.2 Å². The van der Waals surface area contributed by atoms with Crippen LogP contribution < -0.4 is 0 Å². The summed E-state index contributed by atoms with van der Waals surface area (Å²) in [5.41, 5.74) is 2.92. The summed E-state index contributed by atoms with van der Waals surface area (Å²) < 4.78 is 5.57. The molecule has 1 aliphatic heterocycles. The van der Waals surface area contributed by atoms with Crippen molar-refractivity contribution in [2.24, 2.45) is 0 Å². The minimum Gasteiger partial charge on any atom is -0.493 e. The van der Waals surface area contributed by atoms with Gasteiger partial charge in [0.1, 0.15) is 6.10 Å². The Labute approximate surface area is 105 Å². The monoisotopic (exact) mass is 239 g/mol. The largest absolute Gasteiger partial charge is 0.493 e. The molecule has 1 aromatic heterocycles. The molecule has 0 fully saturated rings. The highest BCUT2D eigenvalue weighted by Crippen LogP contribution is 2.31. The fraction of sp³-hybridized carbons (Fsp3) is 0.200. The van der Waals surface area contributed by atoms with Gasteiger partial charge < -0.3 is 4.74 Å². The van der Waals surface area contributed by atoms with Crippen molar-refractivity contribution in [2.45, 2.75) is 19.4 Å². The van der Waals surface area contributed by atoms with E-state index >= 15 is 0 Å². The lowest BCUT2D eigenvalue weighted by atomic mass is 9.98. The maximum absolute atomic E-state index is 11.5. The number of ether oxygens (including phenoxy) is 1. The number of allylic oxidation sites excluding steroid dienone is 1. The van der Waals surface area contributed by atoms with Gasteiger partial charge in [-0.15, -0.1) is 0 Å². The molecule has 18 heavy (non-hydrogen) atoms. The summed E-state index contributed by atoms with van der Waals surface area (Å²) in [5, 5.41) is 1.05.